The van der Waals surface area contributed by atoms with Crippen molar-refractivity contribution in [2.75, 3.05) is 0 Å². The van der Waals surface area contributed by atoms with Crippen molar-refractivity contribution in [1.82, 2.24) is 0 Å². The zero-order valence-electron chi connectivity index (χ0n) is 2.49. The van der Waals surface area contributed by atoms with Gasteiger partial charge in [-0.3, -0.25) is 0 Å². The third-order valence-corrected chi connectivity index (χ3v) is 0. The van der Waals surface area contributed by atoms with Gasteiger partial charge >= 0.3 is 0 Å². The van der Waals surface area contributed by atoms with Crippen molar-refractivity contribution < 1.29 is 69.0 Å². The first-order valence-electron chi connectivity index (χ1n) is 0. The average molecular weight is 381 g/mol. The van der Waals surface area contributed by atoms with Crippen LogP contribution in [0.4, 0.5) is 0 Å². The maximum Gasteiger partial charge on any atom is 0 e. The maximum absolute atomic E-state index is 0. The second kappa shape index (κ2) is 25.5. The molecule has 0 aliphatic heterocycles. The van der Waals surface area contributed by atoms with Crippen LogP contribution < -0.4 is 0 Å². The zero-order chi connectivity index (χ0) is 0. The normalized spacial score (nSPS) is 0. The molecule has 0 saturated heterocycles. The van der Waals surface area contributed by atoms with Crippen LogP contribution in [0.25, 0.3) is 0 Å². The van der Waals surface area contributed by atoms with Gasteiger partial charge in [0.2, 0.25) is 0 Å². The molecule has 0 aromatic heterocycles. The monoisotopic (exact) mass is 383 g/mol. The molecule has 0 aromatic rings. The molecule has 0 saturated carbocycles. The van der Waals surface area contributed by atoms with Gasteiger partial charge in [-0.1, -0.05) is 0 Å². The minimum Gasteiger partial charge on any atom is 0 e. The van der Waals surface area contributed by atoms with Crippen LogP contribution in [0.15, 0.2) is 0 Å². The molecular weight excluding hydrogens is 381 g/mol. The molecule has 0 amide bonds. The first-order chi connectivity index (χ1) is 0. The standard InChI is InChI=1S/Al.Mo.Sn.Ti.Zr. The Morgan fingerprint density at radius 1 is 1.00 bits per heavy atom. The molecular formula is AlMoSnTiZr. The van der Waals surface area contributed by atoms with Crippen molar-refractivity contribution in [2.24, 2.45) is 0 Å². The molecule has 5 heavy (non-hydrogen) atoms. The molecule has 0 aliphatic rings. The van der Waals surface area contributed by atoms with E-state index in [1.807, 2.05) is 0 Å². The second-order valence-electron chi connectivity index (χ2n) is 0. The Bertz CT molecular complexity index is 11.6. The molecule has 0 bridgehead atoms. The van der Waals surface area contributed by atoms with E-state index in [9.17, 15) is 0 Å². The summed E-state index contributed by atoms with van der Waals surface area (Å²) in [5.41, 5.74) is 0. The van der Waals surface area contributed by atoms with Crippen LogP contribution in [0, 0.1) is 0 Å². The van der Waals surface area contributed by atoms with Crippen LogP contribution in [0.1, 0.15) is 0 Å². The van der Waals surface area contributed by atoms with Crippen LogP contribution >= 0.6 is 0 Å². The van der Waals surface area contributed by atoms with Gasteiger partial charge < -0.3 is 0 Å². The van der Waals surface area contributed by atoms with Gasteiger partial charge in [0.15, 0.2) is 0 Å². The molecule has 0 nitrogen and oxygen atoms in total. The van der Waals surface area contributed by atoms with E-state index in [0.29, 0.717) is 0 Å². The van der Waals surface area contributed by atoms with Crippen molar-refractivity contribution in [1.29, 1.82) is 0 Å². The Labute approximate surface area is 108 Å². The molecule has 0 aliphatic carbocycles. The largest absolute Gasteiger partial charge is 0 e. The van der Waals surface area contributed by atoms with Crippen LogP contribution in [0.3, 0.4) is 0 Å². The first-order valence-corrected chi connectivity index (χ1v) is 0. The fourth-order valence-electron chi connectivity index (χ4n) is 0. The number of hydrogen-bond donors (Lipinski definition) is 0. The van der Waals surface area contributed by atoms with Gasteiger partial charge in [0.05, 0.1) is 0 Å². The number of hydrogen-bond acceptors (Lipinski definition) is 0. The predicted molar refractivity (Wildman–Crippen MR) is 11.5 cm³/mol. The Morgan fingerprint density at radius 3 is 1.00 bits per heavy atom. The molecule has 0 aromatic carbocycles. The van der Waals surface area contributed by atoms with Crippen molar-refractivity contribution in [2.45, 2.75) is 0 Å². The minimum absolute atomic E-state index is 0. The van der Waals surface area contributed by atoms with Gasteiger partial charge in [0.1, 0.15) is 0 Å². The summed E-state index contributed by atoms with van der Waals surface area (Å²) in [6.07, 6.45) is 0. The quantitative estimate of drug-likeness (QED) is 0.484. The van der Waals surface area contributed by atoms with E-state index in [2.05, 4.69) is 0 Å². The summed E-state index contributed by atoms with van der Waals surface area (Å²) in [6.45, 7) is 0. The molecule has 0 unspecified atom stereocenters. The van der Waals surface area contributed by atoms with E-state index in [-0.39, 0.29) is 110 Å². The molecule has 0 N–H and O–H groups in total. The third kappa shape index (κ3) is 18.4. The first kappa shape index (κ1) is 38.2. The maximum atomic E-state index is 0. The molecule has 21 valence electrons. The summed E-state index contributed by atoms with van der Waals surface area (Å²) < 4.78 is 0. The average Bonchev–Trinajstić information content (AvgIpc) is 0. The van der Waals surface area contributed by atoms with Gasteiger partial charge in [0.25, 0.3) is 0 Å². The van der Waals surface area contributed by atoms with E-state index in [1.54, 1.807) is 0 Å². The Balaban J connectivity index is 0. The number of rotatable bonds is 0. The van der Waals surface area contributed by atoms with Crippen LogP contribution in [-0.2, 0) is 69.0 Å². The van der Waals surface area contributed by atoms with Crippen molar-refractivity contribution >= 4 is 41.3 Å². The molecule has 0 heterocycles. The van der Waals surface area contributed by atoms with E-state index in [1.165, 1.54) is 0 Å². The summed E-state index contributed by atoms with van der Waals surface area (Å²) in [5.74, 6) is 0. The summed E-state index contributed by atoms with van der Waals surface area (Å²) in [7, 11) is 0. The molecule has 7 radical (unpaired) electrons. The second-order valence-corrected chi connectivity index (χ2v) is 0. The van der Waals surface area contributed by atoms with E-state index in [4.69, 9.17) is 0 Å². The molecule has 0 rings (SSSR count). The topological polar surface area (TPSA) is 0 Å². The summed E-state index contributed by atoms with van der Waals surface area (Å²) in [4.78, 5) is 0. The van der Waals surface area contributed by atoms with Crippen molar-refractivity contribution in [3.63, 3.8) is 0 Å². The van der Waals surface area contributed by atoms with Gasteiger partial charge in [-0.25, -0.2) is 0 Å². The van der Waals surface area contributed by atoms with Gasteiger partial charge in [-0.05, 0) is 0 Å². The molecule has 0 fully saturated rings. The van der Waals surface area contributed by atoms with Crippen LogP contribution in [0.5, 0.6) is 0 Å². The fourth-order valence-corrected chi connectivity index (χ4v) is 0. The van der Waals surface area contributed by atoms with E-state index in [0.717, 1.165) is 0 Å². The predicted octanol–water partition coefficient (Wildman–Crippen LogP) is -0.769. The Morgan fingerprint density at radius 2 is 1.00 bits per heavy atom. The zero-order valence-corrected chi connectivity index (χ0v) is 12.5. The SMILES string of the molecule is [Al].[Mo].[Sn].[Ti].[Zr]. The van der Waals surface area contributed by atoms with Gasteiger partial charge in [-0.15, -0.1) is 0 Å². The summed E-state index contributed by atoms with van der Waals surface area (Å²) in [6, 6.07) is 0. The van der Waals surface area contributed by atoms with E-state index < -0.39 is 0 Å². The Hall–Kier alpha value is 3.62. The van der Waals surface area contributed by atoms with Crippen molar-refractivity contribution in [3.8, 4) is 0 Å². The molecule has 5 heteroatoms. The van der Waals surface area contributed by atoms with Crippen molar-refractivity contribution in [3.05, 3.63) is 0 Å². The summed E-state index contributed by atoms with van der Waals surface area (Å²) >= 11 is 0. The molecule has 0 spiro atoms. The van der Waals surface area contributed by atoms with Crippen LogP contribution in [0.2, 0.25) is 0 Å². The summed E-state index contributed by atoms with van der Waals surface area (Å²) in [5, 5.41) is 0. The van der Waals surface area contributed by atoms with Gasteiger partial charge in [0, 0.05) is 110 Å². The minimum atomic E-state index is 0. The van der Waals surface area contributed by atoms with E-state index >= 15 is 0 Å². The molecule has 0 atom stereocenters. The third-order valence-electron chi connectivity index (χ3n) is 0. The smallest absolute Gasteiger partial charge is 0 e. The fraction of sp³-hybridized carbons (Fsp3) is 0. The van der Waals surface area contributed by atoms with Crippen LogP contribution in [-0.4, -0.2) is 41.3 Å². The Kier molecular flexibility index (Phi) is 195. The van der Waals surface area contributed by atoms with Gasteiger partial charge in [-0.2, -0.15) is 0 Å².